The standard InChI is InChI=1S/C16H16ClNO2/c1-20-14-9-11(17)5-7-12(14)16(19)13-6-4-10-3-2-8-18-15(10)13/h2-3,5,7-9,13,16,19H,4,6H2,1H3. The zero-order valence-electron chi connectivity index (χ0n) is 11.2. The highest BCUT2D eigenvalue weighted by atomic mass is 35.5. The Morgan fingerprint density at radius 1 is 1.40 bits per heavy atom. The van der Waals surface area contributed by atoms with Crippen molar-refractivity contribution in [2.75, 3.05) is 7.11 Å². The summed E-state index contributed by atoms with van der Waals surface area (Å²) in [6, 6.07) is 9.35. The molecule has 1 aliphatic carbocycles. The number of nitrogens with zero attached hydrogens (tertiary/aromatic N) is 1. The molecule has 3 nitrogen and oxygen atoms in total. The van der Waals surface area contributed by atoms with E-state index in [1.54, 1.807) is 25.4 Å². The molecule has 0 amide bonds. The van der Waals surface area contributed by atoms with Gasteiger partial charge in [0, 0.05) is 28.4 Å². The Morgan fingerprint density at radius 3 is 3.05 bits per heavy atom. The first-order valence-corrected chi connectivity index (χ1v) is 7.04. The van der Waals surface area contributed by atoms with Crippen LogP contribution >= 0.6 is 11.6 Å². The number of benzene rings is 1. The van der Waals surface area contributed by atoms with Crippen molar-refractivity contribution < 1.29 is 9.84 Å². The van der Waals surface area contributed by atoms with Crippen LogP contribution in [0.1, 0.15) is 35.3 Å². The van der Waals surface area contributed by atoms with Gasteiger partial charge in [-0.25, -0.2) is 0 Å². The second kappa shape index (κ2) is 5.43. The first-order chi connectivity index (χ1) is 9.70. The number of rotatable bonds is 3. The van der Waals surface area contributed by atoms with Gasteiger partial charge in [-0.1, -0.05) is 23.7 Å². The normalized spacial score (nSPS) is 18.6. The smallest absolute Gasteiger partial charge is 0.126 e. The Hall–Kier alpha value is -1.58. The van der Waals surface area contributed by atoms with E-state index in [1.165, 1.54) is 5.56 Å². The summed E-state index contributed by atoms with van der Waals surface area (Å²) in [5.41, 5.74) is 2.99. The van der Waals surface area contributed by atoms with E-state index in [2.05, 4.69) is 11.1 Å². The number of aryl methyl sites for hydroxylation is 1. The fourth-order valence-corrected chi connectivity index (χ4v) is 3.06. The van der Waals surface area contributed by atoms with Crippen molar-refractivity contribution in [1.82, 2.24) is 4.98 Å². The lowest BCUT2D eigenvalue weighted by molar-refractivity contribution is 0.140. The Morgan fingerprint density at radius 2 is 2.25 bits per heavy atom. The maximum Gasteiger partial charge on any atom is 0.126 e. The molecular weight excluding hydrogens is 274 g/mol. The first kappa shape index (κ1) is 13.4. The number of aromatic nitrogens is 1. The van der Waals surface area contributed by atoms with Gasteiger partial charge >= 0.3 is 0 Å². The zero-order chi connectivity index (χ0) is 14.1. The molecule has 1 N–H and O–H groups in total. The minimum atomic E-state index is -0.627. The van der Waals surface area contributed by atoms with Crippen LogP contribution in [0.5, 0.6) is 5.75 Å². The summed E-state index contributed by atoms with van der Waals surface area (Å²) >= 11 is 5.97. The van der Waals surface area contributed by atoms with Crippen molar-refractivity contribution in [3.8, 4) is 5.75 Å². The number of hydrogen-bond acceptors (Lipinski definition) is 3. The minimum Gasteiger partial charge on any atom is -0.496 e. The van der Waals surface area contributed by atoms with E-state index in [1.807, 2.05) is 12.1 Å². The Balaban J connectivity index is 1.96. The van der Waals surface area contributed by atoms with Crippen LogP contribution in [-0.2, 0) is 6.42 Å². The third kappa shape index (κ3) is 2.28. The number of methoxy groups -OCH3 is 1. The quantitative estimate of drug-likeness (QED) is 0.940. The van der Waals surface area contributed by atoms with Crippen molar-refractivity contribution in [3.63, 3.8) is 0 Å². The fourth-order valence-electron chi connectivity index (χ4n) is 2.90. The minimum absolute atomic E-state index is 0.0151. The summed E-state index contributed by atoms with van der Waals surface area (Å²) in [7, 11) is 1.59. The van der Waals surface area contributed by atoms with Crippen LogP contribution in [-0.4, -0.2) is 17.2 Å². The molecular formula is C16H16ClNO2. The maximum atomic E-state index is 10.7. The highest BCUT2D eigenvalue weighted by Crippen LogP contribution is 2.43. The summed E-state index contributed by atoms with van der Waals surface area (Å²) in [6.45, 7) is 0. The average molecular weight is 290 g/mol. The molecule has 0 saturated heterocycles. The van der Waals surface area contributed by atoms with E-state index in [0.717, 1.165) is 24.1 Å². The predicted octanol–water partition coefficient (Wildman–Crippen LogP) is 3.51. The van der Waals surface area contributed by atoms with Crippen LogP contribution in [0, 0.1) is 0 Å². The van der Waals surface area contributed by atoms with Gasteiger partial charge in [0.05, 0.1) is 13.2 Å². The van der Waals surface area contributed by atoms with Crippen molar-refractivity contribution in [3.05, 3.63) is 58.4 Å². The van der Waals surface area contributed by atoms with Crippen LogP contribution in [0.15, 0.2) is 36.5 Å². The van der Waals surface area contributed by atoms with E-state index in [4.69, 9.17) is 16.3 Å². The van der Waals surface area contributed by atoms with Gasteiger partial charge in [-0.3, -0.25) is 4.98 Å². The Bertz CT molecular complexity index is 630. The van der Waals surface area contributed by atoms with Crippen LogP contribution in [0.2, 0.25) is 5.02 Å². The molecule has 1 aliphatic rings. The molecule has 104 valence electrons. The van der Waals surface area contributed by atoms with Crippen molar-refractivity contribution in [2.24, 2.45) is 0 Å². The van der Waals surface area contributed by atoms with E-state index in [-0.39, 0.29) is 5.92 Å². The van der Waals surface area contributed by atoms with Gasteiger partial charge < -0.3 is 9.84 Å². The van der Waals surface area contributed by atoms with Crippen molar-refractivity contribution in [1.29, 1.82) is 0 Å². The molecule has 0 saturated carbocycles. The lowest BCUT2D eigenvalue weighted by atomic mass is 9.93. The molecule has 0 fully saturated rings. The molecule has 3 rings (SSSR count). The second-order valence-electron chi connectivity index (χ2n) is 5.02. The van der Waals surface area contributed by atoms with Gasteiger partial charge in [0.15, 0.2) is 0 Å². The van der Waals surface area contributed by atoms with Gasteiger partial charge in [0.2, 0.25) is 0 Å². The van der Waals surface area contributed by atoms with E-state index < -0.39 is 6.10 Å². The SMILES string of the molecule is COc1cc(Cl)ccc1C(O)C1CCc2cccnc21. The molecule has 2 unspecified atom stereocenters. The lowest BCUT2D eigenvalue weighted by Crippen LogP contribution is -2.10. The number of aliphatic hydroxyl groups excluding tert-OH is 1. The van der Waals surface area contributed by atoms with Crippen molar-refractivity contribution in [2.45, 2.75) is 24.9 Å². The number of fused-ring (bicyclic) bond motifs is 1. The van der Waals surface area contributed by atoms with Gasteiger partial charge in [0.25, 0.3) is 0 Å². The molecule has 0 spiro atoms. The Kier molecular flexibility index (Phi) is 3.64. The summed E-state index contributed by atoms with van der Waals surface area (Å²) < 4.78 is 5.33. The van der Waals surface area contributed by atoms with E-state index in [0.29, 0.717) is 10.8 Å². The monoisotopic (exact) mass is 289 g/mol. The zero-order valence-corrected chi connectivity index (χ0v) is 12.0. The lowest BCUT2D eigenvalue weighted by Gasteiger charge is -2.21. The molecule has 2 atom stereocenters. The molecule has 4 heteroatoms. The highest BCUT2D eigenvalue weighted by molar-refractivity contribution is 6.30. The summed E-state index contributed by atoms with van der Waals surface area (Å²) in [5.74, 6) is 0.635. The number of hydrogen-bond donors (Lipinski definition) is 1. The van der Waals surface area contributed by atoms with Gasteiger partial charge in [-0.05, 0) is 36.6 Å². The fraction of sp³-hybridized carbons (Fsp3) is 0.312. The van der Waals surface area contributed by atoms with E-state index >= 15 is 0 Å². The predicted molar refractivity (Wildman–Crippen MR) is 78.3 cm³/mol. The molecule has 0 radical (unpaired) electrons. The topological polar surface area (TPSA) is 42.4 Å². The number of pyridine rings is 1. The maximum absolute atomic E-state index is 10.7. The van der Waals surface area contributed by atoms with Crippen LogP contribution in [0.3, 0.4) is 0 Å². The highest BCUT2D eigenvalue weighted by Gasteiger charge is 2.32. The third-order valence-electron chi connectivity index (χ3n) is 3.90. The number of ether oxygens (including phenoxy) is 1. The summed E-state index contributed by atoms with van der Waals surface area (Å²) in [6.07, 6.45) is 3.02. The Labute approximate surface area is 123 Å². The summed E-state index contributed by atoms with van der Waals surface area (Å²) in [4.78, 5) is 4.43. The van der Waals surface area contributed by atoms with Gasteiger partial charge in [0.1, 0.15) is 5.75 Å². The molecule has 1 aromatic carbocycles. The summed E-state index contributed by atoms with van der Waals surface area (Å²) in [5, 5.41) is 11.3. The molecule has 20 heavy (non-hydrogen) atoms. The van der Waals surface area contributed by atoms with E-state index in [9.17, 15) is 5.11 Å². The number of halogens is 1. The molecule has 0 bridgehead atoms. The molecule has 0 aliphatic heterocycles. The molecule has 2 aromatic rings. The first-order valence-electron chi connectivity index (χ1n) is 6.66. The van der Waals surface area contributed by atoms with Crippen LogP contribution < -0.4 is 4.74 Å². The third-order valence-corrected chi connectivity index (χ3v) is 4.13. The van der Waals surface area contributed by atoms with Gasteiger partial charge in [-0.15, -0.1) is 0 Å². The number of aliphatic hydroxyl groups is 1. The molecule has 1 aromatic heterocycles. The van der Waals surface area contributed by atoms with Gasteiger partial charge in [-0.2, -0.15) is 0 Å². The van der Waals surface area contributed by atoms with Crippen LogP contribution in [0.4, 0.5) is 0 Å². The average Bonchev–Trinajstić information content (AvgIpc) is 2.90. The second-order valence-corrected chi connectivity index (χ2v) is 5.46. The largest absolute Gasteiger partial charge is 0.496 e. The molecule has 1 heterocycles. The van der Waals surface area contributed by atoms with Crippen LogP contribution in [0.25, 0.3) is 0 Å². The van der Waals surface area contributed by atoms with Crippen molar-refractivity contribution >= 4 is 11.6 Å².